The van der Waals surface area contributed by atoms with E-state index < -0.39 is 17.4 Å². The predicted octanol–water partition coefficient (Wildman–Crippen LogP) is 5.75. The van der Waals surface area contributed by atoms with E-state index in [0.717, 1.165) is 36.0 Å². The number of halogens is 4. The van der Waals surface area contributed by atoms with Crippen LogP contribution in [-0.2, 0) is 12.8 Å². The van der Waals surface area contributed by atoms with Crippen molar-refractivity contribution in [3.8, 4) is 5.75 Å². The number of fused-ring (bicyclic) bond motifs is 1. The van der Waals surface area contributed by atoms with Gasteiger partial charge in [0.2, 0.25) is 0 Å². The molecule has 29 heavy (non-hydrogen) atoms. The van der Waals surface area contributed by atoms with Crippen LogP contribution in [-0.4, -0.2) is 13.1 Å². The summed E-state index contributed by atoms with van der Waals surface area (Å²) in [5, 5.41) is -0.144. The van der Waals surface area contributed by atoms with Gasteiger partial charge in [0.25, 0.3) is 0 Å². The molecule has 8 heteroatoms. The van der Waals surface area contributed by atoms with Crippen molar-refractivity contribution >= 4 is 32.6 Å². The Balaban J connectivity index is 1.80. The van der Waals surface area contributed by atoms with Crippen molar-refractivity contribution in [2.75, 3.05) is 18.0 Å². The zero-order valence-corrected chi connectivity index (χ0v) is 16.8. The van der Waals surface area contributed by atoms with Crippen molar-refractivity contribution in [2.45, 2.75) is 25.6 Å². The predicted molar refractivity (Wildman–Crippen MR) is 107 cm³/mol. The third kappa shape index (κ3) is 4.27. The van der Waals surface area contributed by atoms with Crippen LogP contribution in [0.3, 0.4) is 0 Å². The first-order chi connectivity index (χ1) is 13.8. The first-order valence-corrected chi connectivity index (χ1v) is 9.92. The van der Waals surface area contributed by atoms with Gasteiger partial charge in [-0.2, -0.15) is 13.2 Å². The van der Waals surface area contributed by atoms with Crippen LogP contribution in [0, 0.1) is 0 Å². The first kappa shape index (κ1) is 19.8. The molecule has 1 aromatic heterocycles. The Kier molecular flexibility index (Phi) is 5.29. The van der Waals surface area contributed by atoms with Crippen LogP contribution in [0.1, 0.15) is 24.0 Å². The molecule has 2 heterocycles. The molecule has 2 aromatic carbocycles. The molecule has 0 atom stereocenters. The molecule has 0 N–H and O–H groups in total. The Labute approximate surface area is 173 Å². The van der Waals surface area contributed by atoms with E-state index in [2.05, 4.69) is 15.9 Å². The Morgan fingerprint density at radius 2 is 1.76 bits per heavy atom. The highest BCUT2D eigenvalue weighted by atomic mass is 79.9. The van der Waals surface area contributed by atoms with E-state index in [9.17, 15) is 18.0 Å². The minimum atomic E-state index is -4.66. The summed E-state index contributed by atoms with van der Waals surface area (Å²) >= 11 is 3.37. The summed E-state index contributed by atoms with van der Waals surface area (Å²) in [6, 6.07) is 10.9. The highest BCUT2D eigenvalue weighted by molar-refractivity contribution is 9.10. The third-order valence-electron chi connectivity index (χ3n) is 4.88. The molecule has 152 valence electrons. The maximum absolute atomic E-state index is 13.5. The molecule has 0 spiro atoms. The molecule has 3 aromatic rings. The van der Waals surface area contributed by atoms with Gasteiger partial charge in [-0.25, -0.2) is 4.79 Å². The van der Waals surface area contributed by atoms with Crippen molar-refractivity contribution in [1.29, 1.82) is 0 Å². The lowest BCUT2D eigenvalue weighted by atomic mass is 10.1. The van der Waals surface area contributed by atoms with Crippen LogP contribution >= 0.6 is 15.9 Å². The van der Waals surface area contributed by atoms with Crippen LogP contribution in [0.4, 0.5) is 18.9 Å². The first-order valence-electron chi connectivity index (χ1n) is 9.12. The van der Waals surface area contributed by atoms with Gasteiger partial charge in [-0.05, 0) is 36.6 Å². The molecule has 0 radical (unpaired) electrons. The quantitative estimate of drug-likeness (QED) is 0.458. The summed E-state index contributed by atoms with van der Waals surface area (Å²) in [7, 11) is 0. The smallest absolute Gasteiger partial charge is 0.417 e. The number of anilines is 1. The highest BCUT2D eigenvalue weighted by Crippen LogP contribution is 2.40. The molecular weight excluding hydrogens is 451 g/mol. The van der Waals surface area contributed by atoms with Crippen LogP contribution in [0.2, 0.25) is 0 Å². The van der Waals surface area contributed by atoms with Gasteiger partial charge < -0.3 is 14.1 Å². The number of alkyl halides is 3. The molecule has 0 saturated carbocycles. The third-order valence-corrected chi connectivity index (χ3v) is 5.41. The van der Waals surface area contributed by atoms with E-state index in [1.165, 1.54) is 12.1 Å². The van der Waals surface area contributed by atoms with Crippen molar-refractivity contribution in [1.82, 2.24) is 0 Å². The number of nitrogens with zero attached hydrogens (tertiary/aromatic N) is 1. The van der Waals surface area contributed by atoms with Gasteiger partial charge in [0.15, 0.2) is 0 Å². The summed E-state index contributed by atoms with van der Waals surface area (Å²) < 4.78 is 52.4. The largest absolute Gasteiger partial charge is 0.487 e. The second-order valence-electron chi connectivity index (χ2n) is 6.90. The second kappa shape index (κ2) is 7.74. The number of benzene rings is 2. The summed E-state index contributed by atoms with van der Waals surface area (Å²) in [6.45, 7) is 1.71. The minimum absolute atomic E-state index is 0.140. The maximum Gasteiger partial charge on any atom is 0.417 e. The van der Waals surface area contributed by atoms with Gasteiger partial charge in [-0.3, -0.25) is 0 Å². The molecule has 0 aliphatic carbocycles. The Morgan fingerprint density at radius 1 is 1.07 bits per heavy atom. The van der Waals surface area contributed by atoms with Gasteiger partial charge in [-0.1, -0.05) is 28.1 Å². The zero-order chi connectivity index (χ0) is 20.6. The summed E-state index contributed by atoms with van der Waals surface area (Å²) in [5.41, 5.74) is -0.697. The van der Waals surface area contributed by atoms with Gasteiger partial charge in [0, 0.05) is 35.1 Å². The molecular formula is C21H17BrF3NO3. The fourth-order valence-corrected chi connectivity index (χ4v) is 3.74. The van der Waals surface area contributed by atoms with Gasteiger partial charge >= 0.3 is 11.8 Å². The van der Waals surface area contributed by atoms with Crippen molar-refractivity contribution in [2.24, 2.45) is 0 Å². The van der Waals surface area contributed by atoms with E-state index in [1.807, 2.05) is 29.2 Å². The van der Waals surface area contributed by atoms with E-state index >= 15 is 0 Å². The Hall–Kier alpha value is -2.48. The maximum atomic E-state index is 13.5. The number of ether oxygens (including phenoxy) is 1. The van der Waals surface area contributed by atoms with E-state index in [-0.39, 0.29) is 17.6 Å². The standard InChI is InChI=1S/C21H17BrF3NO3/c22-14-5-3-13(4-6-14)12-28-19-11-18-15(9-17(19)26-7-1-2-8-26)16(21(23,24)25)10-20(27)29-18/h3-6,9-11H,1-2,7-8,12H2. The lowest BCUT2D eigenvalue weighted by Crippen LogP contribution is -2.19. The molecule has 1 aliphatic heterocycles. The highest BCUT2D eigenvalue weighted by Gasteiger charge is 2.34. The van der Waals surface area contributed by atoms with Gasteiger partial charge in [0.1, 0.15) is 17.9 Å². The normalized spacial score (nSPS) is 14.6. The molecule has 1 saturated heterocycles. The van der Waals surface area contributed by atoms with Gasteiger partial charge in [0.05, 0.1) is 11.3 Å². The average Bonchev–Trinajstić information content (AvgIpc) is 3.20. The second-order valence-corrected chi connectivity index (χ2v) is 7.82. The monoisotopic (exact) mass is 467 g/mol. The van der Waals surface area contributed by atoms with E-state index in [0.29, 0.717) is 17.5 Å². The summed E-state index contributed by atoms with van der Waals surface area (Å²) in [6.07, 6.45) is -2.74. The van der Waals surface area contributed by atoms with Crippen molar-refractivity contribution in [3.63, 3.8) is 0 Å². The minimum Gasteiger partial charge on any atom is -0.487 e. The molecule has 0 amide bonds. The van der Waals surface area contributed by atoms with Crippen LogP contribution in [0.15, 0.2) is 56.1 Å². The van der Waals surface area contributed by atoms with Crippen LogP contribution in [0.5, 0.6) is 5.75 Å². The van der Waals surface area contributed by atoms with Crippen molar-refractivity contribution in [3.05, 3.63) is 68.5 Å². The number of rotatable bonds is 4. The SMILES string of the molecule is O=c1cc(C(F)(F)F)c2cc(N3CCCC3)c(OCc3ccc(Br)cc3)cc2o1. The van der Waals surface area contributed by atoms with E-state index in [1.54, 1.807) is 0 Å². The summed E-state index contributed by atoms with van der Waals surface area (Å²) in [5.74, 6) is 0.393. The number of hydrogen-bond acceptors (Lipinski definition) is 4. The molecule has 0 unspecified atom stereocenters. The fourth-order valence-electron chi connectivity index (χ4n) is 3.48. The van der Waals surface area contributed by atoms with Crippen LogP contribution < -0.4 is 15.3 Å². The van der Waals surface area contributed by atoms with Crippen LogP contribution in [0.25, 0.3) is 11.0 Å². The summed E-state index contributed by atoms with van der Waals surface area (Å²) in [4.78, 5) is 13.7. The van der Waals surface area contributed by atoms with E-state index in [4.69, 9.17) is 9.15 Å². The zero-order valence-electron chi connectivity index (χ0n) is 15.3. The van der Waals surface area contributed by atoms with Crippen molar-refractivity contribution < 1.29 is 22.3 Å². The topological polar surface area (TPSA) is 42.7 Å². The molecule has 4 nitrogen and oxygen atoms in total. The molecule has 4 rings (SSSR count). The molecule has 0 bridgehead atoms. The van der Waals surface area contributed by atoms with Gasteiger partial charge in [-0.15, -0.1) is 0 Å². The molecule has 1 fully saturated rings. The Bertz CT molecular complexity index is 1090. The molecule has 1 aliphatic rings. The Morgan fingerprint density at radius 3 is 2.41 bits per heavy atom. The average molecular weight is 468 g/mol. The lowest BCUT2D eigenvalue weighted by molar-refractivity contribution is -0.136. The number of hydrogen-bond donors (Lipinski definition) is 0. The fraction of sp³-hybridized carbons (Fsp3) is 0.286. The lowest BCUT2D eigenvalue weighted by Gasteiger charge is -2.22.